The number of nitrogens with zero attached hydrogens (tertiary/aromatic N) is 1. The number of hydrogen-bond acceptors (Lipinski definition) is 3. The van der Waals surface area contributed by atoms with E-state index in [0.29, 0.717) is 6.42 Å². The van der Waals surface area contributed by atoms with Crippen molar-refractivity contribution in [3.05, 3.63) is 34.1 Å². The number of rotatable bonds is 4. The molecule has 100 valence electrons. The third-order valence-electron chi connectivity index (χ3n) is 3.31. The van der Waals surface area contributed by atoms with Gasteiger partial charge in [0.25, 0.3) is 0 Å². The molecule has 2 rings (SSSR count). The molecule has 0 saturated carbocycles. The summed E-state index contributed by atoms with van der Waals surface area (Å²) in [7, 11) is 0. The van der Waals surface area contributed by atoms with Gasteiger partial charge in [-0.3, -0.25) is 4.90 Å². The van der Waals surface area contributed by atoms with E-state index in [9.17, 15) is 9.50 Å². The molecule has 0 unspecified atom stereocenters. The molecule has 1 saturated heterocycles. The molecule has 0 amide bonds. The second-order valence-electron chi connectivity index (χ2n) is 4.48. The Balaban J connectivity index is 2.24. The van der Waals surface area contributed by atoms with Gasteiger partial charge in [0, 0.05) is 43.3 Å². The number of hydrogen-bond donors (Lipinski definition) is 2. The molecular weight excluding hydrogens is 299 g/mol. The lowest BCUT2D eigenvalue weighted by atomic mass is 10.0. The van der Waals surface area contributed by atoms with Gasteiger partial charge < -0.3 is 10.4 Å². The summed E-state index contributed by atoms with van der Waals surface area (Å²) in [4.78, 5) is 2.30. The van der Waals surface area contributed by atoms with Gasteiger partial charge in [-0.1, -0.05) is 15.9 Å². The predicted molar refractivity (Wildman–Crippen MR) is 73.0 cm³/mol. The average molecular weight is 317 g/mol. The van der Waals surface area contributed by atoms with Crippen molar-refractivity contribution in [3.63, 3.8) is 0 Å². The van der Waals surface area contributed by atoms with Crippen LogP contribution in [0, 0.1) is 5.82 Å². The molecule has 1 heterocycles. The van der Waals surface area contributed by atoms with E-state index in [4.69, 9.17) is 0 Å². The van der Waals surface area contributed by atoms with E-state index >= 15 is 0 Å². The van der Waals surface area contributed by atoms with Crippen LogP contribution >= 0.6 is 15.9 Å². The molecule has 1 aromatic carbocycles. The fourth-order valence-electron chi connectivity index (χ4n) is 2.42. The van der Waals surface area contributed by atoms with E-state index in [1.54, 1.807) is 12.1 Å². The zero-order chi connectivity index (χ0) is 13.0. The first-order valence-electron chi connectivity index (χ1n) is 6.23. The topological polar surface area (TPSA) is 35.5 Å². The summed E-state index contributed by atoms with van der Waals surface area (Å²) < 4.78 is 14.3. The summed E-state index contributed by atoms with van der Waals surface area (Å²) in [6.07, 6.45) is 0.627. The van der Waals surface area contributed by atoms with Crippen molar-refractivity contribution in [3.8, 4) is 0 Å². The van der Waals surface area contributed by atoms with Gasteiger partial charge in [0.05, 0.1) is 0 Å². The lowest BCUT2D eigenvalue weighted by Crippen LogP contribution is -2.45. The highest BCUT2D eigenvalue weighted by atomic mass is 79.9. The highest BCUT2D eigenvalue weighted by Gasteiger charge is 2.23. The molecule has 1 atom stereocenters. The number of nitrogens with one attached hydrogen (secondary N) is 1. The van der Waals surface area contributed by atoms with Crippen molar-refractivity contribution in [2.24, 2.45) is 0 Å². The van der Waals surface area contributed by atoms with E-state index in [-0.39, 0.29) is 18.5 Å². The lowest BCUT2D eigenvalue weighted by molar-refractivity contribution is 0.140. The van der Waals surface area contributed by atoms with Gasteiger partial charge in [-0.05, 0) is 30.2 Å². The van der Waals surface area contributed by atoms with Gasteiger partial charge in [0.2, 0.25) is 0 Å². The first-order chi connectivity index (χ1) is 8.72. The van der Waals surface area contributed by atoms with Crippen molar-refractivity contribution in [2.75, 3.05) is 32.8 Å². The Hall–Kier alpha value is -0.490. The second-order valence-corrected chi connectivity index (χ2v) is 5.33. The van der Waals surface area contributed by atoms with E-state index in [0.717, 1.165) is 36.2 Å². The number of benzene rings is 1. The zero-order valence-corrected chi connectivity index (χ0v) is 11.8. The fraction of sp³-hybridized carbons (Fsp3) is 0.538. The molecular formula is C13H18BrFN2O. The highest BCUT2D eigenvalue weighted by molar-refractivity contribution is 9.10. The summed E-state index contributed by atoms with van der Waals surface area (Å²) in [5.41, 5.74) is 0.922. The van der Waals surface area contributed by atoms with Crippen molar-refractivity contribution < 1.29 is 9.50 Å². The zero-order valence-electron chi connectivity index (χ0n) is 10.2. The molecule has 3 nitrogen and oxygen atoms in total. The smallest absolute Gasteiger partial charge is 0.123 e. The monoisotopic (exact) mass is 316 g/mol. The van der Waals surface area contributed by atoms with Crippen molar-refractivity contribution >= 4 is 15.9 Å². The second kappa shape index (κ2) is 6.61. The molecule has 5 heteroatoms. The predicted octanol–water partition coefficient (Wildman–Crippen LogP) is 1.92. The number of aliphatic hydroxyl groups is 1. The van der Waals surface area contributed by atoms with Gasteiger partial charge in [-0.25, -0.2) is 4.39 Å². The summed E-state index contributed by atoms with van der Waals surface area (Å²) >= 11 is 3.48. The summed E-state index contributed by atoms with van der Waals surface area (Å²) in [6, 6.07) is 4.81. The van der Waals surface area contributed by atoms with E-state index < -0.39 is 0 Å². The van der Waals surface area contributed by atoms with Crippen LogP contribution < -0.4 is 5.32 Å². The minimum absolute atomic E-state index is 0.0715. The number of halogens is 2. The maximum atomic E-state index is 13.4. The van der Waals surface area contributed by atoms with Gasteiger partial charge in [-0.15, -0.1) is 0 Å². The Morgan fingerprint density at radius 3 is 2.78 bits per heavy atom. The first-order valence-corrected chi connectivity index (χ1v) is 7.02. The normalized spacial score (nSPS) is 18.8. The van der Waals surface area contributed by atoms with E-state index in [2.05, 4.69) is 26.1 Å². The van der Waals surface area contributed by atoms with Crippen LogP contribution in [0.3, 0.4) is 0 Å². The van der Waals surface area contributed by atoms with Crippen LogP contribution in [0.4, 0.5) is 4.39 Å². The maximum absolute atomic E-state index is 13.4. The maximum Gasteiger partial charge on any atom is 0.123 e. The van der Waals surface area contributed by atoms with E-state index in [1.165, 1.54) is 6.07 Å². The van der Waals surface area contributed by atoms with Crippen molar-refractivity contribution in [1.29, 1.82) is 0 Å². The van der Waals surface area contributed by atoms with Gasteiger partial charge >= 0.3 is 0 Å². The number of aliphatic hydroxyl groups excluding tert-OH is 1. The quantitative estimate of drug-likeness (QED) is 0.891. The van der Waals surface area contributed by atoms with Crippen LogP contribution in [0.5, 0.6) is 0 Å². The minimum atomic E-state index is -0.230. The molecule has 0 bridgehead atoms. The van der Waals surface area contributed by atoms with Crippen molar-refractivity contribution in [1.82, 2.24) is 10.2 Å². The molecule has 0 aromatic heterocycles. The van der Waals surface area contributed by atoms with Crippen LogP contribution in [0.1, 0.15) is 18.0 Å². The van der Waals surface area contributed by atoms with Gasteiger partial charge in [-0.2, -0.15) is 0 Å². The van der Waals surface area contributed by atoms with Crippen LogP contribution in [0.2, 0.25) is 0 Å². The van der Waals surface area contributed by atoms with Gasteiger partial charge in [0.15, 0.2) is 0 Å². The van der Waals surface area contributed by atoms with Crippen LogP contribution in [-0.4, -0.2) is 42.8 Å². The molecule has 18 heavy (non-hydrogen) atoms. The van der Waals surface area contributed by atoms with Gasteiger partial charge in [0.1, 0.15) is 5.82 Å². The van der Waals surface area contributed by atoms with Crippen LogP contribution in [0.15, 0.2) is 22.7 Å². The molecule has 0 aliphatic carbocycles. The molecule has 0 radical (unpaired) electrons. The standard InChI is InChI=1S/C13H18BrFN2O/c14-12-2-1-10(15)9-11(12)13(3-8-18)17-6-4-16-5-7-17/h1-2,9,13,16,18H,3-8H2/t13-/m1/s1. The minimum Gasteiger partial charge on any atom is -0.396 e. The largest absolute Gasteiger partial charge is 0.396 e. The van der Waals surface area contributed by atoms with Crippen molar-refractivity contribution in [2.45, 2.75) is 12.5 Å². The molecule has 0 spiro atoms. The Kier molecular flexibility index (Phi) is 5.12. The SMILES string of the molecule is OCC[C@H](c1cc(F)ccc1Br)N1CCNCC1. The summed E-state index contributed by atoms with van der Waals surface area (Å²) in [5, 5.41) is 12.5. The average Bonchev–Trinajstić information content (AvgIpc) is 2.40. The lowest BCUT2D eigenvalue weighted by Gasteiger charge is -2.35. The first kappa shape index (κ1) is 13.9. The molecule has 1 aromatic rings. The number of piperazine rings is 1. The Labute approximate surface area is 115 Å². The highest BCUT2D eigenvalue weighted by Crippen LogP contribution is 2.31. The molecule has 1 fully saturated rings. The van der Waals surface area contributed by atoms with Crippen LogP contribution in [-0.2, 0) is 0 Å². The van der Waals surface area contributed by atoms with Crippen LogP contribution in [0.25, 0.3) is 0 Å². The molecule has 1 aliphatic heterocycles. The van der Waals surface area contributed by atoms with E-state index in [1.807, 2.05) is 0 Å². The third kappa shape index (κ3) is 3.29. The fourth-order valence-corrected chi connectivity index (χ4v) is 2.93. The Morgan fingerprint density at radius 2 is 2.11 bits per heavy atom. The summed E-state index contributed by atoms with van der Waals surface area (Å²) in [5.74, 6) is -0.230. The summed E-state index contributed by atoms with van der Waals surface area (Å²) in [6.45, 7) is 3.84. The Bertz CT molecular complexity index is 397. The Morgan fingerprint density at radius 1 is 1.39 bits per heavy atom. The third-order valence-corrected chi connectivity index (χ3v) is 4.03. The molecule has 2 N–H and O–H groups in total. The molecule has 1 aliphatic rings.